The third-order valence-electron chi connectivity index (χ3n) is 4.26. The first kappa shape index (κ1) is 19.4. The van der Waals surface area contributed by atoms with E-state index in [0.29, 0.717) is 16.4 Å². The summed E-state index contributed by atoms with van der Waals surface area (Å²) in [5.41, 5.74) is 2.22. The van der Waals surface area contributed by atoms with Crippen LogP contribution in [0.2, 0.25) is 5.02 Å². The van der Waals surface area contributed by atoms with Crippen LogP contribution in [0.1, 0.15) is 11.8 Å². The number of thiazole rings is 1. The van der Waals surface area contributed by atoms with E-state index in [-0.39, 0.29) is 0 Å². The molecular formula is C21H14ClF2N3OS. The zero-order chi connectivity index (χ0) is 20.4. The molecule has 2 aromatic carbocycles. The summed E-state index contributed by atoms with van der Waals surface area (Å²) >= 11 is 7.86. The fraction of sp³-hybridized carbons (Fsp3) is 0.0476. The number of rotatable bonds is 5. The van der Waals surface area contributed by atoms with Crippen LogP contribution in [0.3, 0.4) is 0 Å². The molecule has 0 radical (unpaired) electrons. The first-order chi connectivity index (χ1) is 14.0. The second kappa shape index (κ2) is 8.24. The molecule has 1 atom stereocenters. The summed E-state index contributed by atoms with van der Waals surface area (Å²) in [6, 6.07) is 12.3. The lowest BCUT2D eigenvalue weighted by Crippen LogP contribution is -2.13. The van der Waals surface area contributed by atoms with Gasteiger partial charge in [-0.15, -0.1) is 11.3 Å². The van der Waals surface area contributed by atoms with Crippen LogP contribution in [0, 0.1) is 11.6 Å². The van der Waals surface area contributed by atoms with Gasteiger partial charge in [-0.1, -0.05) is 23.7 Å². The highest BCUT2D eigenvalue weighted by Crippen LogP contribution is 2.33. The lowest BCUT2D eigenvalue weighted by molar-refractivity contribution is 0.197. The molecule has 2 aromatic heterocycles. The maximum absolute atomic E-state index is 13.8. The maximum Gasteiger partial charge on any atom is 0.156 e. The molecule has 29 heavy (non-hydrogen) atoms. The highest BCUT2D eigenvalue weighted by Gasteiger charge is 2.18. The number of aromatic nitrogens is 2. The Morgan fingerprint density at radius 2 is 1.83 bits per heavy atom. The molecule has 0 bridgehead atoms. The van der Waals surface area contributed by atoms with Gasteiger partial charge in [0.25, 0.3) is 0 Å². The van der Waals surface area contributed by atoms with Crippen molar-refractivity contribution >= 4 is 28.6 Å². The second-order valence-electron chi connectivity index (χ2n) is 6.15. The van der Waals surface area contributed by atoms with E-state index >= 15 is 0 Å². The van der Waals surface area contributed by atoms with Gasteiger partial charge in [-0.25, -0.2) is 13.8 Å². The summed E-state index contributed by atoms with van der Waals surface area (Å²) < 4.78 is 27.6. The van der Waals surface area contributed by atoms with Crippen molar-refractivity contribution in [2.24, 2.45) is 0 Å². The molecule has 0 saturated heterocycles. The van der Waals surface area contributed by atoms with Gasteiger partial charge in [0.15, 0.2) is 6.23 Å². The Morgan fingerprint density at radius 3 is 2.48 bits per heavy atom. The lowest BCUT2D eigenvalue weighted by Gasteiger charge is -2.16. The maximum atomic E-state index is 13.8. The van der Waals surface area contributed by atoms with E-state index in [1.54, 1.807) is 24.4 Å². The topological polar surface area (TPSA) is 58.0 Å². The average molecular weight is 430 g/mol. The van der Waals surface area contributed by atoms with Crippen molar-refractivity contribution in [2.75, 3.05) is 5.32 Å². The largest absolute Gasteiger partial charge is 0.369 e. The van der Waals surface area contributed by atoms with Crippen molar-refractivity contribution in [3.63, 3.8) is 0 Å². The van der Waals surface area contributed by atoms with Gasteiger partial charge >= 0.3 is 0 Å². The zero-order valence-electron chi connectivity index (χ0n) is 14.8. The number of pyridine rings is 1. The molecule has 0 aliphatic heterocycles. The first-order valence-corrected chi connectivity index (χ1v) is 9.83. The third kappa shape index (κ3) is 4.12. The molecule has 8 heteroatoms. The molecule has 2 N–H and O–H groups in total. The van der Waals surface area contributed by atoms with Crippen LogP contribution < -0.4 is 5.32 Å². The van der Waals surface area contributed by atoms with E-state index in [2.05, 4.69) is 15.3 Å². The summed E-state index contributed by atoms with van der Waals surface area (Å²) in [5, 5.41) is 16.1. The number of benzene rings is 2. The van der Waals surface area contributed by atoms with Crippen molar-refractivity contribution in [3.8, 4) is 21.8 Å². The number of aliphatic hydroxyl groups excluding tert-OH is 1. The van der Waals surface area contributed by atoms with Crippen LogP contribution >= 0.6 is 22.9 Å². The fourth-order valence-corrected chi connectivity index (χ4v) is 3.71. The molecule has 4 rings (SSSR count). The molecule has 4 nitrogen and oxygen atoms in total. The normalized spacial score (nSPS) is 12.0. The molecule has 1 unspecified atom stereocenters. The number of halogens is 3. The number of hydrogen-bond acceptors (Lipinski definition) is 5. The van der Waals surface area contributed by atoms with Crippen LogP contribution in [-0.2, 0) is 0 Å². The number of nitrogens with one attached hydrogen (secondary N) is 1. The van der Waals surface area contributed by atoms with E-state index in [0.717, 1.165) is 28.3 Å². The number of anilines is 1. The van der Waals surface area contributed by atoms with Crippen molar-refractivity contribution in [1.29, 1.82) is 0 Å². The van der Waals surface area contributed by atoms with Crippen LogP contribution in [0.25, 0.3) is 21.8 Å². The lowest BCUT2D eigenvalue weighted by atomic mass is 10.1. The van der Waals surface area contributed by atoms with Gasteiger partial charge in [0.1, 0.15) is 16.6 Å². The Hall–Kier alpha value is -2.87. The van der Waals surface area contributed by atoms with Crippen molar-refractivity contribution in [3.05, 3.63) is 88.5 Å². The van der Waals surface area contributed by atoms with Crippen LogP contribution in [0.5, 0.6) is 0 Å². The Morgan fingerprint density at radius 1 is 1.03 bits per heavy atom. The van der Waals surface area contributed by atoms with Gasteiger partial charge in [-0.05, 0) is 36.4 Å². The van der Waals surface area contributed by atoms with Crippen molar-refractivity contribution in [1.82, 2.24) is 9.97 Å². The van der Waals surface area contributed by atoms with E-state index in [1.165, 1.54) is 23.6 Å². The van der Waals surface area contributed by atoms with Gasteiger partial charge in [0.05, 0.1) is 28.2 Å². The molecule has 0 amide bonds. The van der Waals surface area contributed by atoms with Crippen LogP contribution in [0.4, 0.5) is 14.5 Å². The number of aliphatic hydroxyl groups is 1. The Balaban J connectivity index is 1.58. The van der Waals surface area contributed by atoms with E-state index in [9.17, 15) is 13.9 Å². The molecule has 0 aliphatic carbocycles. The SMILES string of the molecule is OC(Nc1ccc(-c2cc(-c3nccs3)ccc2Cl)nc1)c1c(F)cccc1F. The molecule has 2 heterocycles. The molecular weight excluding hydrogens is 416 g/mol. The second-order valence-corrected chi connectivity index (χ2v) is 7.45. The van der Waals surface area contributed by atoms with E-state index in [1.807, 2.05) is 17.5 Å². The van der Waals surface area contributed by atoms with E-state index < -0.39 is 23.4 Å². The van der Waals surface area contributed by atoms with Crippen molar-refractivity contribution < 1.29 is 13.9 Å². The molecule has 0 fully saturated rings. The molecule has 4 aromatic rings. The monoisotopic (exact) mass is 429 g/mol. The highest BCUT2D eigenvalue weighted by atomic mass is 35.5. The first-order valence-electron chi connectivity index (χ1n) is 8.57. The smallest absolute Gasteiger partial charge is 0.156 e. The Kier molecular flexibility index (Phi) is 5.53. The minimum absolute atomic E-state index is 0.399. The predicted molar refractivity (Wildman–Crippen MR) is 111 cm³/mol. The predicted octanol–water partition coefficient (Wildman–Crippen LogP) is 5.91. The van der Waals surface area contributed by atoms with Crippen molar-refractivity contribution in [2.45, 2.75) is 6.23 Å². The zero-order valence-corrected chi connectivity index (χ0v) is 16.4. The Labute approximate surface area is 174 Å². The summed E-state index contributed by atoms with van der Waals surface area (Å²) in [6.45, 7) is 0. The summed E-state index contributed by atoms with van der Waals surface area (Å²) in [6.07, 6.45) is 1.64. The minimum atomic E-state index is -1.55. The summed E-state index contributed by atoms with van der Waals surface area (Å²) in [5.74, 6) is -1.67. The molecule has 0 saturated carbocycles. The highest BCUT2D eigenvalue weighted by molar-refractivity contribution is 7.13. The average Bonchev–Trinajstić information content (AvgIpc) is 3.24. The minimum Gasteiger partial charge on any atom is -0.369 e. The van der Waals surface area contributed by atoms with Gasteiger partial charge in [0, 0.05) is 22.7 Å². The van der Waals surface area contributed by atoms with Gasteiger partial charge in [-0.2, -0.15) is 0 Å². The van der Waals surface area contributed by atoms with Gasteiger partial charge < -0.3 is 10.4 Å². The molecule has 146 valence electrons. The molecule has 0 aliphatic rings. The third-order valence-corrected chi connectivity index (χ3v) is 5.41. The number of nitrogens with zero attached hydrogens (tertiary/aromatic N) is 2. The summed E-state index contributed by atoms with van der Waals surface area (Å²) in [7, 11) is 0. The van der Waals surface area contributed by atoms with Gasteiger partial charge in [0.2, 0.25) is 0 Å². The van der Waals surface area contributed by atoms with Crippen LogP contribution in [0.15, 0.2) is 66.3 Å². The summed E-state index contributed by atoms with van der Waals surface area (Å²) in [4.78, 5) is 8.66. The molecule has 0 spiro atoms. The van der Waals surface area contributed by atoms with Crippen LogP contribution in [-0.4, -0.2) is 15.1 Å². The fourth-order valence-electron chi connectivity index (χ4n) is 2.86. The van der Waals surface area contributed by atoms with E-state index in [4.69, 9.17) is 11.6 Å². The van der Waals surface area contributed by atoms with Gasteiger partial charge in [-0.3, -0.25) is 4.98 Å². The number of hydrogen-bond donors (Lipinski definition) is 2. The quantitative estimate of drug-likeness (QED) is 0.387. The standard InChI is InChI=1S/C21H14ClF2N3OS/c22-15-6-4-12(21-25-8-9-29-21)10-14(15)18-7-5-13(11-26-18)27-20(28)19-16(23)2-1-3-17(19)24/h1-11,20,27-28H. The Bertz CT molecular complexity index is 1120.